The summed E-state index contributed by atoms with van der Waals surface area (Å²) in [6.45, 7) is 2.42. The van der Waals surface area contributed by atoms with E-state index in [1.54, 1.807) is 23.7 Å². The Morgan fingerprint density at radius 2 is 1.83 bits per heavy atom. The first-order valence-corrected chi connectivity index (χ1v) is 8.60. The highest BCUT2D eigenvalue weighted by atomic mass is 32.2. The number of carboxylic acids is 1. The summed E-state index contributed by atoms with van der Waals surface area (Å²) in [5.74, 6) is -0.926. The lowest BCUT2D eigenvalue weighted by Gasteiger charge is -2.19. The van der Waals surface area contributed by atoms with Gasteiger partial charge in [-0.25, -0.2) is 0 Å². The van der Waals surface area contributed by atoms with E-state index in [0.717, 1.165) is 15.4 Å². The van der Waals surface area contributed by atoms with E-state index in [1.165, 1.54) is 0 Å². The number of benzene rings is 2. The number of rotatable bonds is 7. The van der Waals surface area contributed by atoms with Gasteiger partial charge in [0.15, 0.2) is 0 Å². The van der Waals surface area contributed by atoms with Gasteiger partial charge in [-0.1, -0.05) is 36.0 Å². The van der Waals surface area contributed by atoms with Crippen LogP contribution in [0.25, 0.3) is 0 Å². The summed E-state index contributed by atoms with van der Waals surface area (Å²) >= 11 is 1.56. The molecule has 0 aliphatic heterocycles. The number of carboxylic acid groups (broad SMARTS) is 1. The summed E-state index contributed by atoms with van der Waals surface area (Å²) in [7, 11) is 1.71. The second kappa shape index (κ2) is 8.55. The third-order valence-electron chi connectivity index (χ3n) is 3.57. The first-order chi connectivity index (χ1) is 11.5. The van der Waals surface area contributed by atoms with Crippen molar-refractivity contribution in [2.75, 3.05) is 13.6 Å². The molecule has 4 nitrogen and oxygen atoms in total. The highest BCUT2D eigenvalue weighted by molar-refractivity contribution is 7.99. The minimum atomic E-state index is -0.841. The molecule has 1 N–H and O–H groups in total. The minimum absolute atomic E-state index is 0.0666. The van der Waals surface area contributed by atoms with Crippen LogP contribution in [0.2, 0.25) is 0 Å². The van der Waals surface area contributed by atoms with Crippen LogP contribution in [-0.2, 0) is 4.79 Å². The molecule has 0 fully saturated rings. The SMILES string of the molecule is Cc1ccc(C(=O)N(C)CCCC(=O)O)c(Sc2ccccc2)c1. The molecule has 0 spiro atoms. The normalized spacial score (nSPS) is 10.4. The highest BCUT2D eigenvalue weighted by Gasteiger charge is 2.17. The lowest BCUT2D eigenvalue weighted by atomic mass is 10.1. The minimum Gasteiger partial charge on any atom is -0.481 e. The number of aliphatic carboxylic acids is 1. The molecular weight excluding hydrogens is 322 g/mol. The Kier molecular flexibility index (Phi) is 6.44. The zero-order chi connectivity index (χ0) is 17.5. The monoisotopic (exact) mass is 343 g/mol. The van der Waals surface area contributed by atoms with Gasteiger partial charge in [-0.05, 0) is 43.2 Å². The molecular formula is C19H21NO3S. The first-order valence-electron chi connectivity index (χ1n) is 7.78. The molecule has 0 radical (unpaired) electrons. The van der Waals surface area contributed by atoms with Gasteiger partial charge in [0.2, 0.25) is 0 Å². The zero-order valence-corrected chi connectivity index (χ0v) is 14.7. The predicted molar refractivity (Wildman–Crippen MR) is 95.6 cm³/mol. The summed E-state index contributed by atoms with van der Waals surface area (Å²) < 4.78 is 0. The standard InChI is InChI=1S/C19H21NO3S/c1-14-10-11-16(19(23)20(2)12-6-9-18(21)22)17(13-14)24-15-7-4-3-5-8-15/h3-5,7-8,10-11,13H,6,9,12H2,1-2H3,(H,21,22). The Bertz CT molecular complexity index is 716. The van der Waals surface area contributed by atoms with Crippen LogP contribution in [0.3, 0.4) is 0 Å². The number of hydrogen-bond acceptors (Lipinski definition) is 3. The number of amides is 1. The van der Waals surface area contributed by atoms with Crippen LogP contribution in [0.4, 0.5) is 0 Å². The third kappa shape index (κ3) is 5.13. The van der Waals surface area contributed by atoms with Crippen LogP contribution in [0.5, 0.6) is 0 Å². The maximum absolute atomic E-state index is 12.7. The largest absolute Gasteiger partial charge is 0.481 e. The van der Waals surface area contributed by atoms with Crippen molar-refractivity contribution in [2.45, 2.75) is 29.6 Å². The van der Waals surface area contributed by atoms with Crippen LogP contribution in [-0.4, -0.2) is 35.5 Å². The molecule has 24 heavy (non-hydrogen) atoms. The molecule has 2 aromatic rings. The molecule has 2 rings (SSSR count). The lowest BCUT2D eigenvalue weighted by molar-refractivity contribution is -0.137. The van der Waals surface area contributed by atoms with Crippen molar-refractivity contribution in [1.82, 2.24) is 4.90 Å². The number of nitrogens with zero attached hydrogens (tertiary/aromatic N) is 1. The number of carbonyl (C=O) groups is 2. The molecule has 2 aromatic carbocycles. The van der Waals surface area contributed by atoms with Crippen molar-refractivity contribution < 1.29 is 14.7 Å². The molecule has 126 valence electrons. The highest BCUT2D eigenvalue weighted by Crippen LogP contribution is 2.31. The molecule has 0 bridgehead atoms. The maximum atomic E-state index is 12.7. The molecule has 0 aliphatic rings. The predicted octanol–water partition coefficient (Wildman–Crippen LogP) is 4.08. The van der Waals surface area contributed by atoms with Gasteiger partial charge in [0, 0.05) is 29.8 Å². The molecule has 0 atom stereocenters. The van der Waals surface area contributed by atoms with Crippen molar-refractivity contribution in [2.24, 2.45) is 0 Å². The van der Waals surface area contributed by atoms with Crippen LogP contribution in [0, 0.1) is 6.92 Å². The van der Waals surface area contributed by atoms with Crippen LogP contribution in [0.1, 0.15) is 28.8 Å². The Morgan fingerprint density at radius 3 is 2.50 bits per heavy atom. The summed E-state index contributed by atoms with van der Waals surface area (Å²) in [6.07, 6.45) is 0.516. The quantitative estimate of drug-likeness (QED) is 0.823. The fourth-order valence-corrected chi connectivity index (χ4v) is 3.34. The van der Waals surface area contributed by atoms with Crippen LogP contribution < -0.4 is 0 Å². The van der Waals surface area contributed by atoms with Gasteiger partial charge < -0.3 is 10.0 Å². The second-order valence-corrected chi connectivity index (χ2v) is 6.75. The van der Waals surface area contributed by atoms with Crippen molar-refractivity contribution in [3.8, 4) is 0 Å². The van der Waals surface area contributed by atoms with Gasteiger partial charge in [0.1, 0.15) is 0 Å². The average Bonchev–Trinajstić information content (AvgIpc) is 2.55. The first kappa shape index (κ1) is 18.1. The van der Waals surface area contributed by atoms with Crippen molar-refractivity contribution >= 4 is 23.6 Å². The molecule has 0 aromatic heterocycles. The number of hydrogen-bond donors (Lipinski definition) is 1. The van der Waals surface area contributed by atoms with E-state index in [-0.39, 0.29) is 12.3 Å². The van der Waals surface area contributed by atoms with E-state index in [0.29, 0.717) is 18.5 Å². The molecule has 0 unspecified atom stereocenters. The van der Waals surface area contributed by atoms with Crippen LogP contribution in [0.15, 0.2) is 58.3 Å². The van der Waals surface area contributed by atoms with E-state index in [9.17, 15) is 9.59 Å². The zero-order valence-electron chi connectivity index (χ0n) is 13.9. The van der Waals surface area contributed by atoms with Gasteiger partial charge in [-0.15, -0.1) is 0 Å². The fraction of sp³-hybridized carbons (Fsp3) is 0.263. The van der Waals surface area contributed by atoms with Gasteiger partial charge in [0.25, 0.3) is 5.91 Å². The van der Waals surface area contributed by atoms with E-state index in [2.05, 4.69) is 0 Å². The van der Waals surface area contributed by atoms with Gasteiger partial charge in [0.05, 0.1) is 5.56 Å². The third-order valence-corrected chi connectivity index (χ3v) is 4.63. The second-order valence-electron chi connectivity index (χ2n) is 5.64. The van der Waals surface area contributed by atoms with E-state index < -0.39 is 5.97 Å². The Morgan fingerprint density at radius 1 is 1.12 bits per heavy atom. The molecule has 0 aliphatic carbocycles. The van der Waals surface area contributed by atoms with Gasteiger partial charge in [-0.2, -0.15) is 0 Å². The Hall–Kier alpha value is -2.27. The molecule has 0 saturated heterocycles. The Labute approximate surface area is 146 Å². The topological polar surface area (TPSA) is 57.6 Å². The van der Waals surface area contributed by atoms with Crippen LogP contribution >= 0.6 is 11.8 Å². The fourth-order valence-electron chi connectivity index (χ4n) is 2.28. The van der Waals surface area contributed by atoms with Gasteiger partial charge >= 0.3 is 5.97 Å². The number of aryl methyl sites for hydroxylation is 1. The van der Waals surface area contributed by atoms with Gasteiger partial charge in [-0.3, -0.25) is 9.59 Å². The molecule has 0 heterocycles. The molecule has 0 saturated carbocycles. The van der Waals surface area contributed by atoms with Crippen molar-refractivity contribution in [3.63, 3.8) is 0 Å². The van der Waals surface area contributed by atoms with E-state index in [1.807, 2.05) is 55.5 Å². The van der Waals surface area contributed by atoms with Crippen molar-refractivity contribution in [1.29, 1.82) is 0 Å². The summed E-state index contributed by atoms with van der Waals surface area (Å²) in [5, 5.41) is 8.71. The molecule has 1 amide bonds. The maximum Gasteiger partial charge on any atom is 0.303 e. The summed E-state index contributed by atoms with van der Waals surface area (Å²) in [5.41, 5.74) is 1.74. The van der Waals surface area contributed by atoms with Crippen molar-refractivity contribution in [3.05, 3.63) is 59.7 Å². The summed E-state index contributed by atoms with van der Waals surface area (Å²) in [6, 6.07) is 15.7. The summed E-state index contributed by atoms with van der Waals surface area (Å²) in [4.78, 5) is 26.9. The van der Waals surface area contributed by atoms with E-state index >= 15 is 0 Å². The molecule has 5 heteroatoms. The average molecular weight is 343 g/mol. The Balaban J connectivity index is 2.16. The number of carbonyl (C=O) groups excluding carboxylic acids is 1. The smallest absolute Gasteiger partial charge is 0.303 e. The lowest BCUT2D eigenvalue weighted by Crippen LogP contribution is -2.28. The van der Waals surface area contributed by atoms with E-state index in [4.69, 9.17) is 5.11 Å².